The molecule has 6 heteroatoms. The molecule has 1 fully saturated rings. The Balaban J connectivity index is 1.80. The molecule has 2 atom stereocenters. The van der Waals surface area contributed by atoms with Crippen molar-refractivity contribution in [1.82, 2.24) is 0 Å². The second-order valence-corrected chi connectivity index (χ2v) is 8.62. The zero-order chi connectivity index (χ0) is 19.8. The molecule has 3 aliphatic rings. The van der Waals surface area contributed by atoms with Gasteiger partial charge >= 0.3 is 5.97 Å². The molecule has 1 aromatic carbocycles. The number of ketones is 1. The first-order chi connectivity index (χ1) is 13.5. The van der Waals surface area contributed by atoms with Crippen LogP contribution in [0.15, 0.2) is 34.5 Å². The Kier molecular flexibility index (Phi) is 5.62. The lowest BCUT2D eigenvalue weighted by Crippen LogP contribution is -2.38. The monoisotopic (exact) mass is 419 g/mol. The van der Waals surface area contributed by atoms with E-state index in [2.05, 4.69) is 4.99 Å². The Morgan fingerprint density at radius 2 is 1.89 bits per heavy atom. The van der Waals surface area contributed by atoms with Gasteiger partial charge in [-0.1, -0.05) is 35.3 Å². The fourth-order valence-electron chi connectivity index (χ4n) is 4.65. The molecule has 148 valence electrons. The number of carbonyl (C=O) groups is 2. The standard InChI is InChI=1S/C22H23Cl2NO3/c1-12-18(22(27)28-13-6-2-3-7-13)19(14-8-4-9-15(23)21(14)24)20-16(25-12)10-5-11-17(20)26/h4,8-9,13,18-19H,2-3,5-7,10-11H2,1H3. The number of carbonyl (C=O) groups excluding carboxylic acids is 2. The number of hydrogen-bond acceptors (Lipinski definition) is 4. The van der Waals surface area contributed by atoms with E-state index in [9.17, 15) is 9.59 Å². The van der Waals surface area contributed by atoms with E-state index >= 15 is 0 Å². The highest BCUT2D eigenvalue weighted by Crippen LogP contribution is 2.46. The van der Waals surface area contributed by atoms with Crippen molar-refractivity contribution >= 4 is 40.7 Å². The second-order valence-electron chi connectivity index (χ2n) is 7.83. The number of Topliss-reactive ketones (excluding diaryl/α,β-unsaturated/α-hetero) is 1. The molecule has 2 unspecified atom stereocenters. The molecule has 1 saturated carbocycles. The van der Waals surface area contributed by atoms with E-state index in [1.165, 1.54) is 0 Å². The Bertz CT molecular complexity index is 884. The third kappa shape index (κ3) is 3.53. The van der Waals surface area contributed by atoms with E-state index in [0.29, 0.717) is 33.3 Å². The summed E-state index contributed by atoms with van der Waals surface area (Å²) in [7, 11) is 0. The number of benzene rings is 1. The minimum absolute atomic E-state index is 0.0391. The number of allylic oxidation sites excluding steroid dienone is 2. The van der Waals surface area contributed by atoms with E-state index in [1.54, 1.807) is 12.1 Å². The third-order valence-corrected chi connectivity index (χ3v) is 6.82. The van der Waals surface area contributed by atoms with Crippen LogP contribution in [0.3, 0.4) is 0 Å². The second kappa shape index (κ2) is 8.00. The van der Waals surface area contributed by atoms with Crippen molar-refractivity contribution in [1.29, 1.82) is 0 Å². The Hall–Kier alpha value is -1.65. The van der Waals surface area contributed by atoms with E-state index in [0.717, 1.165) is 44.2 Å². The summed E-state index contributed by atoms with van der Waals surface area (Å²) in [4.78, 5) is 30.7. The molecule has 0 bridgehead atoms. The summed E-state index contributed by atoms with van der Waals surface area (Å²) in [6, 6.07) is 5.36. The van der Waals surface area contributed by atoms with Gasteiger partial charge in [-0.25, -0.2) is 0 Å². The van der Waals surface area contributed by atoms with E-state index in [-0.39, 0.29) is 17.9 Å². The predicted molar refractivity (Wildman–Crippen MR) is 110 cm³/mol. The molecule has 1 aromatic rings. The van der Waals surface area contributed by atoms with Crippen molar-refractivity contribution in [2.24, 2.45) is 10.9 Å². The summed E-state index contributed by atoms with van der Waals surface area (Å²) in [5.74, 6) is -1.44. The molecule has 0 saturated heterocycles. The van der Waals surface area contributed by atoms with Crippen molar-refractivity contribution in [3.8, 4) is 0 Å². The summed E-state index contributed by atoms with van der Waals surface area (Å²) in [6.45, 7) is 1.84. The number of aliphatic imine (C=N–C) groups is 1. The van der Waals surface area contributed by atoms with Crippen molar-refractivity contribution in [3.05, 3.63) is 45.1 Å². The molecular weight excluding hydrogens is 397 g/mol. The quantitative estimate of drug-likeness (QED) is 0.593. The molecule has 0 amide bonds. The maximum Gasteiger partial charge on any atom is 0.315 e. The third-order valence-electron chi connectivity index (χ3n) is 5.99. The summed E-state index contributed by atoms with van der Waals surface area (Å²) in [5.41, 5.74) is 2.76. The number of hydrogen-bond donors (Lipinski definition) is 0. The molecule has 0 radical (unpaired) electrons. The van der Waals surface area contributed by atoms with Crippen LogP contribution in [0.5, 0.6) is 0 Å². The predicted octanol–water partition coefficient (Wildman–Crippen LogP) is 5.66. The highest BCUT2D eigenvalue weighted by molar-refractivity contribution is 6.42. The zero-order valence-electron chi connectivity index (χ0n) is 15.8. The lowest BCUT2D eigenvalue weighted by Gasteiger charge is -2.35. The van der Waals surface area contributed by atoms with Crippen molar-refractivity contribution < 1.29 is 14.3 Å². The first-order valence-electron chi connectivity index (χ1n) is 9.93. The molecule has 0 spiro atoms. The largest absolute Gasteiger partial charge is 0.462 e. The maximum absolute atomic E-state index is 13.2. The molecule has 4 nitrogen and oxygen atoms in total. The molecule has 1 heterocycles. The Morgan fingerprint density at radius 3 is 2.64 bits per heavy atom. The van der Waals surface area contributed by atoms with Crippen molar-refractivity contribution in [2.75, 3.05) is 0 Å². The van der Waals surface area contributed by atoms with Crippen LogP contribution in [0.1, 0.15) is 63.4 Å². The molecule has 0 N–H and O–H groups in total. The van der Waals surface area contributed by atoms with Gasteiger partial charge in [0.15, 0.2) is 5.78 Å². The van der Waals surface area contributed by atoms with Gasteiger partial charge in [0.25, 0.3) is 0 Å². The van der Waals surface area contributed by atoms with Gasteiger partial charge in [0.05, 0.1) is 10.0 Å². The lowest BCUT2D eigenvalue weighted by molar-refractivity contribution is -0.151. The highest BCUT2D eigenvalue weighted by Gasteiger charge is 2.44. The maximum atomic E-state index is 13.2. The Morgan fingerprint density at radius 1 is 1.14 bits per heavy atom. The molecule has 28 heavy (non-hydrogen) atoms. The van der Waals surface area contributed by atoms with E-state index < -0.39 is 11.8 Å². The topological polar surface area (TPSA) is 55.7 Å². The van der Waals surface area contributed by atoms with E-state index in [4.69, 9.17) is 27.9 Å². The normalized spacial score (nSPS) is 25.5. The van der Waals surface area contributed by atoms with Gasteiger partial charge in [-0.05, 0) is 57.1 Å². The molecule has 0 aromatic heterocycles. The number of halogens is 2. The first-order valence-corrected chi connectivity index (χ1v) is 10.7. The molecular formula is C22H23Cl2NO3. The number of rotatable bonds is 3. The van der Waals surface area contributed by atoms with E-state index in [1.807, 2.05) is 13.0 Å². The fourth-order valence-corrected chi connectivity index (χ4v) is 5.08. The van der Waals surface area contributed by atoms with Crippen molar-refractivity contribution in [3.63, 3.8) is 0 Å². The van der Waals surface area contributed by atoms with Crippen LogP contribution in [0.4, 0.5) is 0 Å². The summed E-state index contributed by atoms with van der Waals surface area (Å²) in [5, 5.41) is 0.792. The Labute approximate surface area is 175 Å². The first kappa shape index (κ1) is 19.7. The zero-order valence-corrected chi connectivity index (χ0v) is 17.4. The van der Waals surface area contributed by atoms with Gasteiger partial charge in [0.1, 0.15) is 12.0 Å². The highest BCUT2D eigenvalue weighted by atomic mass is 35.5. The van der Waals surface area contributed by atoms with Crippen molar-refractivity contribution in [2.45, 2.75) is 63.9 Å². The minimum Gasteiger partial charge on any atom is -0.462 e. The van der Waals surface area contributed by atoms with Crippen LogP contribution in [0.2, 0.25) is 10.0 Å². The minimum atomic E-state index is -0.655. The van der Waals surface area contributed by atoms with Gasteiger partial charge in [-0.3, -0.25) is 14.6 Å². The SMILES string of the molecule is CC1=NC2=C(C(=O)CCC2)C(c2cccc(Cl)c2Cl)C1C(=O)OC1CCCC1. The smallest absolute Gasteiger partial charge is 0.315 e. The number of ether oxygens (including phenoxy) is 1. The van der Waals surface area contributed by atoms with Gasteiger partial charge < -0.3 is 4.74 Å². The number of nitrogens with zero attached hydrogens (tertiary/aromatic N) is 1. The van der Waals surface area contributed by atoms with Crippen LogP contribution in [0.25, 0.3) is 0 Å². The molecule has 2 aliphatic carbocycles. The fraction of sp³-hybridized carbons (Fsp3) is 0.500. The molecule has 4 rings (SSSR count). The summed E-state index contributed by atoms with van der Waals surface area (Å²) < 4.78 is 5.83. The molecule has 1 aliphatic heterocycles. The average molecular weight is 420 g/mol. The van der Waals surface area contributed by atoms with Crippen LogP contribution in [-0.4, -0.2) is 23.6 Å². The summed E-state index contributed by atoms with van der Waals surface area (Å²) >= 11 is 12.8. The van der Waals surface area contributed by atoms with Gasteiger partial charge in [0, 0.05) is 29.3 Å². The van der Waals surface area contributed by atoms with Gasteiger partial charge in [0.2, 0.25) is 0 Å². The van der Waals surface area contributed by atoms with Crippen LogP contribution in [-0.2, 0) is 14.3 Å². The van der Waals surface area contributed by atoms with Crippen LogP contribution >= 0.6 is 23.2 Å². The van der Waals surface area contributed by atoms with Gasteiger partial charge in [-0.15, -0.1) is 0 Å². The van der Waals surface area contributed by atoms with Gasteiger partial charge in [-0.2, -0.15) is 0 Å². The summed E-state index contributed by atoms with van der Waals surface area (Å²) in [6.07, 6.45) is 5.87. The number of esters is 1. The van der Waals surface area contributed by atoms with Crippen LogP contribution < -0.4 is 0 Å². The average Bonchev–Trinajstić information content (AvgIpc) is 3.16. The lowest BCUT2D eigenvalue weighted by atomic mass is 9.71. The van der Waals surface area contributed by atoms with Crippen LogP contribution in [0, 0.1) is 5.92 Å².